The molecule has 1 N–H and O–H groups in total. The molecule has 1 aromatic heterocycles. The highest BCUT2D eigenvalue weighted by Gasteiger charge is 2.20. The first-order valence-corrected chi connectivity index (χ1v) is 7.60. The predicted molar refractivity (Wildman–Crippen MR) is 80.9 cm³/mol. The molecule has 0 radical (unpaired) electrons. The van der Waals surface area contributed by atoms with Gasteiger partial charge < -0.3 is 5.32 Å². The molecule has 0 atom stereocenters. The Balaban J connectivity index is 2.02. The lowest BCUT2D eigenvalue weighted by atomic mass is 10.2. The molecule has 1 aromatic carbocycles. The molecule has 3 nitrogen and oxygen atoms in total. The lowest BCUT2D eigenvalue weighted by Crippen LogP contribution is -2.00. The minimum atomic E-state index is 0.271. The molecule has 2 heterocycles. The number of hydrogen-bond donors (Lipinski definition) is 1. The normalized spacial score (nSPS) is 13.4. The number of thioether (sulfide) groups is 1. The lowest BCUT2D eigenvalue weighted by molar-refractivity contribution is 0.980. The third-order valence-corrected chi connectivity index (χ3v) is 4.49. The molecule has 0 aliphatic carbocycles. The highest BCUT2D eigenvalue weighted by Crippen LogP contribution is 2.38. The minimum Gasteiger partial charge on any atom is -0.338 e. The van der Waals surface area contributed by atoms with Crippen molar-refractivity contribution in [1.29, 1.82) is 0 Å². The fourth-order valence-electron chi connectivity index (χ4n) is 1.98. The van der Waals surface area contributed by atoms with Crippen LogP contribution in [0.25, 0.3) is 0 Å². The van der Waals surface area contributed by atoms with E-state index in [1.54, 1.807) is 11.8 Å². The zero-order valence-corrected chi connectivity index (χ0v) is 12.5. The smallest absolute Gasteiger partial charge is 0.224 e. The van der Waals surface area contributed by atoms with Crippen LogP contribution in [0.4, 0.5) is 11.5 Å². The summed E-state index contributed by atoms with van der Waals surface area (Å²) in [5, 5.41) is 4.20. The maximum atomic E-state index is 6.19. The Hall–Kier alpha value is -0.970. The molecule has 0 spiro atoms. The average Bonchev–Trinajstić information content (AvgIpc) is 2.82. The van der Waals surface area contributed by atoms with Gasteiger partial charge in [-0.25, -0.2) is 4.98 Å². The molecule has 3 rings (SSSR count). The van der Waals surface area contributed by atoms with Crippen molar-refractivity contribution >= 4 is 46.5 Å². The first-order chi connectivity index (χ1) is 9.13. The van der Waals surface area contributed by atoms with Crippen LogP contribution < -0.4 is 5.32 Å². The molecule has 1 aliphatic rings. The number of nitrogens with one attached hydrogen (secondary N) is 1. The predicted octanol–water partition coefficient (Wildman–Crippen LogP) is 4.48. The van der Waals surface area contributed by atoms with Crippen molar-refractivity contribution in [2.45, 2.75) is 18.2 Å². The van der Waals surface area contributed by atoms with E-state index in [4.69, 9.17) is 23.2 Å². The number of aromatic nitrogens is 2. The van der Waals surface area contributed by atoms with Crippen LogP contribution in [0.15, 0.2) is 23.1 Å². The van der Waals surface area contributed by atoms with Gasteiger partial charge >= 0.3 is 0 Å². The second-order valence-corrected chi connectivity index (χ2v) is 6.17. The summed E-state index contributed by atoms with van der Waals surface area (Å²) in [5.74, 6) is 1.76. The molecule has 98 valence electrons. The van der Waals surface area contributed by atoms with E-state index in [9.17, 15) is 0 Å². The van der Waals surface area contributed by atoms with Crippen molar-refractivity contribution in [2.24, 2.45) is 0 Å². The SMILES string of the molecule is Cc1ccc(Cl)c(Nc2nc(Cl)nc3c2SCC3)c1. The highest BCUT2D eigenvalue weighted by molar-refractivity contribution is 7.99. The van der Waals surface area contributed by atoms with Crippen LogP contribution in [0, 0.1) is 6.92 Å². The van der Waals surface area contributed by atoms with Gasteiger partial charge in [0, 0.05) is 12.2 Å². The summed E-state index contributed by atoms with van der Waals surface area (Å²) in [4.78, 5) is 9.60. The number of hydrogen-bond acceptors (Lipinski definition) is 4. The largest absolute Gasteiger partial charge is 0.338 e. The average molecular weight is 312 g/mol. The fourth-order valence-corrected chi connectivity index (χ4v) is 3.38. The second kappa shape index (κ2) is 5.19. The first kappa shape index (κ1) is 13.0. The van der Waals surface area contributed by atoms with E-state index in [1.165, 1.54) is 0 Å². The Morgan fingerprint density at radius 2 is 2.11 bits per heavy atom. The van der Waals surface area contributed by atoms with Crippen LogP contribution >= 0.6 is 35.0 Å². The van der Waals surface area contributed by atoms with Crippen LogP contribution in [0.1, 0.15) is 11.3 Å². The van der Waals surface area contributed by atoms with E-state index in [2.05, 4.69) is 15.3 Å². The zero-order chi connectivity index (χ0) is 13.4. The zero-order valence-electron chi connectivity index (χ0n) is 10.2. The molecule has 19 heavy (non-hydrogen) atoms. The van der Waals surface area contributed by atoms with Crippen molar-refractivity contribution in [2.75, 3.05) is 11.1 Å². The molecule has 0 fully saturated rings. The monoisotopic (exact) mass is 311 g/mol. The van der Waals surface area contributed by atoms with E-state index in [0.29, 0.717) is 5.02 Å². The molecule has 0 bridgehead atoms. The van der Waals surface area contributed by atoms with Gasteiger partial charge in [0.25, 0.3) is 0 Å². The number of halogens is 2. The molecule has 1 aliphatic heterocycles. The van der Waals surface area contributed by atoms with Gasteiger partial charge in [-0.15, -0.1) is 11.8 Å². The van der Waals surface area contributed by atoms with Gasteiger partial charge in [0.15, 0.2) is 0 Å². The summed E-state index contributed by atoms with van der Waals surface area (Å²) >= 11 is 13.9. The Morgan fingerprint density at radius 3 is 2.95 bits per heavy atom. The second-order valence-electron chi connectivity index (χ2n) is 4.32. The van der Waals surface area contributed by atoms with Gasteiger partial charge in [-0.3, -0.25) is 0 Å². The number of anilines is 2. The maximum absolute atomic E-state index is 6.19. The molecule has 0 saturated heterocycles. The van der Waals surface area contributed by atoms with Crippen LogP contribution in [0.2, 0.25) is 10.3 Å². The third-order valence-electron chi connectivity index (χ3n) is 2.87. The van der Waals surface area contributed by atoms with E-state index < -0.39 is 0 Å². The number of nitrogens with zero attached hydrogens (tertiary/aromatic N) is 2. The summed E-state index contributed by atoms with van der Waals surface area (Å²) < 4.78 is 0. The maximum Gasteiger partial charge on any atom is 0.224 e. The van der Waals surface area contributed by atoms with Gasteiger partial charge in [-0.05, 0) is 36.2 Å². The highest BCUT2D eigenvalue weighted by atomic mass is 35.5. The molecule has 0 amide bonds. The Morgan fingerprint density at radius 1 is 1.26 bits per heavy atom. The van der Waals surface area contributed by atoms with Crippen LogP contribution in [0.3, 0.4) is 0 Å². The number of rotatable bonds is 2. The standard InChI is InChI=1S/C13H11Cl2N3S/c1-7-2-3-8(14)10(6-7)16-12-11-9(4-5-19-11)17-13(15)18-12/h2-3,6H,4-5H2,1H3,(H,16,17,18). The van der Waals surface area contributed by atoms with Crippen molar-refractivity contribution < 1.29 is 0 Å². The minimum absolute atomic E-state index is 0.271. The van der Waals surface area contributed by atoms with Crippen LogP contribution in [-0.2, 0) is 6.42 Å². The van der Waals surface area contributed by atoms with Crippen LogP contribution in [0.5, 0.6) is 0 Å². The molecular weight excluding hydrogens is 301 g/mol. The molecule has 0 saturated carbocycles. The van der Waals surface area contributed by atoms with Gasteiger partial charge in [-0.2, -0.15) is 4.98 Å². The van der Waals surface area contributed by atoms with Gasteiger partial charge in [0.1, 0.15) is 5.82 Å². The first-order valence-electron chi connectivity index (χ1n) is 5.86. The number of benzene rings is 1. The van der Waals surface area contributed by atoms with E-state index >= 15 is 0 Å². The summed E-state index contributed by atoms with van der Waals surface area (Å²) in [7, 11) is 0. The number of fused-ring (bicyclic) bond motifs is 1. The Bertz CT molecular complexity index is 646. The van der Waals surface area contributed by atoms with Gasteiger partial charge in [0.2, 0.25) is 5.28 Å². The van der Waals surface area contributed by atoms with E-state index in [1.807, 2.05) is 25.1 Å². The summed E-state index contributed by atoms with van der Waals surface area (Å²) in [6, 6.07) is 5.83. The lowest BCUT2D eigenvalue weighted by Gasteiger charge is -2.11. The van der Waals surface area contributed by atoms with E-state index in [-0.39, 0.29) is 5.28 Å². The molecular formula is C13H11Cl2N3S. The quantitative estimate of drug-likeness (QED) is 0.830. The summed E-state index contributed by atoms with van der Waals surface area (Å²) in [6.07, 6.45) is 0.929. The van der Waals surface area contributed by atoms with Crippen molar-refractivity contribution in [3.05, 3.63) is 39.8 Å². The molecule has 6 heteroatoms. The molecule has 2 aromatic rings. The van der Waals surface area contributed by atoms with E-state index in [0.717, 1.165) is 39.8 Å². The fraction of sp³-hybridized carbons (Fsp3) is 0.231. The molecule has 0 unspecified atom stereocenters. The summed E-state index contributed by atoms with van der Waals surface area (Å²) in [6.45, 7) is 2.02. The Kier molecular flexibility index (Phi) is 3.56. The Labute approximate surface area is 125 Å². The van der Waals surface area contributed by atoms with Crippen LogP contribution in [-0.4, -0.2) is 15.7 Å². The van der Waals surface area contributed by atoms with Crippen molar-refractivity contribution in [1.82, 2.24) is 9.97 Å². The summed E-state index contributed by atoms with van der Waals surface area (Å²) in [5.41, 5.74) is 2.98. The third kappa shape index (κ3) is 2.66. The van der Waals surface area contributed by atoms with Crippen molar-refractivity contribution in [3.8, 4) is 0 Å². The topological polar surface area (TPSA) is 37.8 Å². The van der Waals surface area contributed by atoms with Gasteiger partial charge in [0.05, 0.1) is 21.3 Å². The number of aryl methyl sites for hydroxylation is 2. The van der Waals surface area contributed by atoms with Crippen molar-refractivity contribution in [3.63, 3.8) is 0 Å². The van der Waals surface area contributed by atoms with Gasteiger partial charge in [-0.1, -0.05) is 17.7 Å².